The SMILES string of the molecule is O=C1[C@@H]2[C@H](c3ccccc3)c3sc(=O)[nH]c3S[C@@H]2C(=O)N1c1ccccc1. The van der Waals surface area contributed by atoms with Crippen LogP contribution in [0.15, 0.2) is 70.5 Å². The minimum Gasteiger partial charge on any atom is -0.307 e. The van der Waals surface area contributed by atoms with E-state index in [0.717, 1.165) is 21.8 Å². The highest BCUT2D eigenvalue weighted by Gasteiger charge is 2.56. The van der Waals surface area contributed by atoms with Gasteiger partial charge in [-0.15, -0.1) is 0 Å². The summed E-state index contributed by atoms with van der Waals surface area (Å²) in [5.41, 5.74) is 1.53. The Morgan fingerprint density at radius 1 is 0.852 bits per heavy atom. The number of amides is 2. The number of H-pyrrole nitrogens is 1. The highest BCUT2D eigenvalue weighted by molar-refractivity contribution is 8.00. The van der Waals surface area contributed by atoms with Crippen LogP contribution >= 0.6 is 23.1 Å². The summed E-state index contributed by atoms with van der Waals surface area (Å²) in [6, 6.07) is 18.7. The van der Waals surface area contributed by atoms with Crippen LogP contribution < -0.4 is 9.77 Å². The molecule has 0 aliphatic carbocycles. The first kappa shape index (κ1) is 16.5. The number of thioether (sulfide) groups is 1. The lowest BCUT2D eigenvalue weighted by Gasteiger charge is -2.29. The second kappa shape index (κ2) is 6.21. The Bertz CT molecular complexity index is 1090. The summed E-state index contributed by atoms with van der Waals surface area (Å²) < 4.78 is 0. The van der Waals surface area contributed by atoms with Crippen molar-refractivity contribution in [2.45, 2.75) is 16.2 Å². The monoisotopic (exact) mass is 394 g/mol. The fourth-order valence-electron chi connectivity index (χ4n) is 3.87. The van der Waals surface area contributed by atoms with Gasteiger partial charge in [-0.1, -0.05) is 71.6 Å². The standard InChI is InChI=1S/C20H14N2O3S2/c23-18-14-13(11-7-3-1-4-8-11)15-17(21-20(25)27-15)26-16(14)19(24)22(18)12-9-5-2-6-10-12/h1-10,13-14,16H,(H,21,25)/t13-,14+,16-/m0/s1. The number of rotatable bonds is 2. The Morgan fingerprint density at radius 3 is 2.22 bits per heavy atom. The van der Waals surface area contributed by atoms with Crippen LogP contribution in [0.4, 0.5) is 5.69 Å². The van der Waals surface area contributed by atoms with Gasteiger partial charge >= 0.3 is 4.87 Å². The fourth-order valence-corrected chi connectivity index (χ4v) is 6.38. The van der Waals surface area contributed by atoms with Crippen LogP contribution in [-0.4, -0.2) is 22.0 Å². The van der Waals surface area contributed by atoms with Crippen molar-refractivity contribution in [1.82, 2.24) is 4.98 Å². The molecule has 1 N–H and O–H groups in total. The number of aromatic nitrogens is 1. The molecular formula is C20H14N2O3S2. The molecule has 5 rings (SSSR count). The second-order valence-corrected chi connectivity index (χ2v) is 8.67. The predicted molar refractivity (Wildman–Crippen MR) is 105 cm³/mol. The third-order valence-electron chi connectivity index (χ3n) is 5.00. The summed E-state index contributed by atoms with van der Waals surface area (Å²) in [5.74, 6) is -1.26. The van der Waals surface area contributed by atoms with Crippen molar-refractivity contribution in [3.63, 3.8) is 0 Å². The van der Waals surface area contributed by atoms with Crippen molar-refractivity contribution >= 4 is 40.6 Å². The molecule has 1 saturated heterocycles. The number of carbonyl (C=O) groups excluding carboxylic acids is 2. The molecule has 2 aromatic carbocycles. The molecular weight excluding hydrogens is 380 g/mol. The molecule has 0 saturated carbocycles. The van der Waals surface area contributed by atoms with Crippen LogP contribution in [0.2, 0.25) is 0 Å². The molecule has 27 heavy (non-hydrogen) atoms. The average molecular weight is 394 g/mol. The zero-order valence-electron chi connectivity index (χ0n) is 14.0. The van der Waals surface area contributed by atoms with Gasteiger partial charge in [0.25, 0.3) is 0 Å². The number of hydrogen-bond donors (Lipinski definition) is 1. The molecule has 3 aromatic rings. The van der Waals surface area contributed by atoms with Gasteiger partial charge < -0.3 is 4.98 Å². The van der Waals surface area contributed by atoms with Crippen LogP contribution in [0.1, 0.15) is 16.4 Å². The topological polar surface area (TPSA) is 70.2 Å². The van der Waals surface area contributed by atoms with E-state index in [1.807, 2.05) is 48.5 Å². The highest BCUT2D eigenvalue weighted by Crippen LogP contribution is 2.52. The van der Waals surface area contributed by atoms with Gasteiger partial charge in [0, 0.05) is 10.8 Å². The molecule has 2 aliphatic rings. The minimum absolute atomic E-state index is 0.159. The molecule has 1 fully saturated rings. The molecule has 5 nitrogen and oxygen atoms in total. The molecule has 0 radical (unpaired) electrons. The third-order valence-corrected chi connectivity index (χ3v) is 7.40. The van der Waals surface area contributed by atoms with Gasteiger partial charge in [0.15, 0.2) is 0 Å². The fraction of sp³-hybridized carbons (Fsp3) is 0.150. The van der Waals surface area contributed by atoms with Crippen LogP contribution in [0, 0.1) is 5.92 Å². The van der Waals surface area contributed by atoms with Crippen LogP contribution in [0.5, 0.6) is 0 Å². The van der Waals surface area contributed by atoms with E-state index < -0.39 is 11.2 Å². The first-order valence-electron chi connectivity index (χ1n) is 8.52. The first-order chi connectivity index (χ1) is 13.1. The smallest absolute Gasteiger partial charge is 0.305 e. The Hall–Kier alpha value is -2.64. The molecule has 2 amide bonds. The Balaban J connectivity index is 1.67. The number of imide groups is 1. The number of anilines is 1. The van der Waals surface area contributed by atoms with Crippen molar-refractivity contribution in [2.24, 2.45) is 5.92 Å². The molecule has 3 atom stereocenters. The van der Waals surface area contributed by atoms with Crippen molar-refractivity contribution < 1.29 is 9.59 Å². The molecule has 0 bridgehead atoms. The lowest BCUT2D eigenvalue weighted by molar-refractivity contribution is -0.122. The number of nitrogens with zero attached hydrogens (tertiary/aromatic N) is 1. The van der Waals surface area contributed by atoms with Crippen LogP contribution in [0.3, 0.4) is 0 Å². The summed E-state index contributed by atoms with van der Waals surface area (Å²) in [5, 5.41) is 0.164. The second-order valence-electron chi connectivity index (χ2n) is 6.51. The number of aromatic amines is 1. The summed E-state index contributed by atoms with van der Waals surface area (Å²) in [4.78, 5) is 43.3. The maximum atomic E-state index is 13.4. The number of carbonyl (C=O) groups is 2. The number of fused-ring (bicyclic) bond motifs is 2. The maximum Gasteiger partial charge on any atom is 0.305 e. The summed E-state index contributed by atoms with van der Waals surface area (Å²) in [6.07, 6.45) is 0. The zero-order chi connectivity index (χ0) is 18.5. The van der Waals surface area contributed by atoms with E-state index in [0.29, 0.717) is 10.7 Å². The van der Waals surface area contributed by atoms with Crippen molar-refractivity contribution in [2.75, 3.05) is 4.90 Å². The molecule has 3 heterocycles. The van der Waals surface area contributed by atoms with Crippen molar-refractivity contribution in [3.05, 3.63) is 80.8 Å². The van der Waals surface area contributed by atoms with Gasteiger partial charge in [-0.2, -0.15) is 0 Å². The van der Waals surface area contributed by atoms with Gasteiger partial charge in [-0.05, 0) is 17.7 Å². The van der Waals surface area contributed by atoms with Crippen molar-refractivity contribution in [1.29, 1.82) is 0 Å². The number of hydrogen-bond acceptors (Lipinski definition) is 5. The molecule has 7 heteroatoms. The maximum absolute atomic E-state index is 13.4. The summed E-state index contributed by atoms with van der Waals surface area (Å²) in [7, 11) is 0. The van der Waals surface area contributed by atoms with E-state index in [-0.39, 0.29) is 22.6 Å². The van der Waals surface area contributed by atoms with E-state index in [2.05, 4.69) is 4.98 Å². The summed E-state index contributed by atoms with van der Waals surface area (Å²) in [6.45, 7) is 0. The quantitative estimate of drug-likeness (QED) is 0.678. The lowest BCUT2D eigenvalue weighted by atomic mass is 9.83. The molecule has 134 valence electrons. The average Bonchev–Trinajstić information content (AvgIpc) is 3.18. The van der Waals surface area contributed by atoms with Gasteiger partial charge in [0.2, 0.25) is 11.8 Å². The number of para-hydroxylation sites is 1. The minimum atomic E-state index is -0.541. The Kier molecular flexibility index (Phi) is 3.80. The normalized spacial score (nSPS) is 24.0. The van der Waals surface area contributed by atoms with E-state index in [1.165, 1.54) is 16.7 Å². The highest BCUT2D eigenvalue weighted by atomic mass is 32.2. The Morgan fingerprint density at radius 2 is 1.52 bits per heavy atom. The number of thiazole rings is 1. The predicted octanol–water partition coefficient (Wildman–Crippen LogP) is 3.23. The first-order valence-corrected chi connectivity index (χ1v) is 10.2. The molecule has 1 aromatic heterocycles. The van der Waals surface area contributed by atoms with Crippen LogP contribution in [0.25, 0.3) is 0 Å². The van der Waals surface area contributed by atoms with Gasteiger partial charge in [-0.25, -0.2) is 4.90 Å². The van der Waals surface area contributed by atoms with Gasteiger partial charge in [-0.3, -0.25) is 14.4 Å². The van der Waals surface area contributed by atoms with Crippen molar-refractivity contribution in [3.8, 4) is 0 Å². The molecule has 2 aliphatic heterocycles. The molecule has 0 unspecified atom stereocenters. The van der Waals surface area contributed by atoms with E-state index >= 15 is 0 Å². The van der Waals surface area contributed by atoms with E-state index in [9.17, 15) is 14.4 Å². The number of nitrogens with one attached hydrogen (secondary N) is 1. The Labute approximate surface area is 163 Å². The third kappa shape index (κ3) is 2.49. The lowest BCUT2D eigenvalue weighted by Crippen LogP contribution is -2.32. The van der Waals surface area contributed by atoms with Gasteiger partial charge in [0.05, 0.1) is 16.6 Å². The molecule has 0 spiro atoms. The van der Waals surface area contributed by atoms with Gasteiger partial charge in [0.1, 0.15) is 5.25 Å². The van der Waals surface area contributed by atoms with Crippen LogP contribution in [-0.2, 0) is 9.59 Å². The van der Waals surface area contributed by atoms with E-state index in [4.69, 9.17) is 0 Å². The zero-order valence-corrected chi connectivity index (χ0v) is 15.6. The van der Waals surface area contributed by atoms with E-state index in [1.54, 1.807) is 12.1 Å². The largest absolute Gasteiger partial charge is 0.307 e. The summed E-state index contributed by atoms with van der Waals surface area (Å²) >= 11 is 2.43. The number of benzene rings is 2.